The molecule has 2 atom stereocenters. The van der Waals surface area contributed by atoms with Crippen molar-refractivity contribution in [1.29, 1.82) is 0 Å². The predicted molar refractivity (Wildman–Crippen MR) is 86.5 cm³/mol. The lowest BCUT2D eigenvalue weighted by Gasteiger charge is -2.13. The Hall–Kier alpha value is -1.02. The molecule has 2 rings (SSSR count). The van der Waals surface area contributed by atoms with Gasteiger partial charge in [0.25, 0.3) is 0 Å². The fraction of sp³-hybridized carbons (Fsp3) is 0.714. The van der Waals surface area contributed by atoms with Crippen LogP contribution in [0.3, 0.4) is 0 Å². The molecule has 0 aliphatic carbocycles. The molecule has 0 aromatic rings. The third-order valence-corrected chi connectivity index (χ3v) is 6.44. The van der Waals surface area contributed by atoms with Crippen molar-refractivity contribution < 1.29 is 19.2 Å². The van der Waals surface area contributed by atoms with E-state index in [2.05, 4.69) is 0 Å². The second-order valence-corrected chi connectivity index (χ2v) is 7.70. The van der Waals surface area contributed by atoms with Crippen LogP contribution in [0.15, 0.2) is 0 Å². The number of hydrogen-bond acceptors (Lipinski definition) is 6. The summed E-state index contributed by atoms with van der Waals surface area (Å²) in [5.74, 6) is 0.964. The smallest absolute Gasteiger partial charge is 0.242 e. The van der Waals surface area contributed by atoms with E-state index in [4.69, 9.17) is 0 Å². The molecule has 2 fully saturated rings. The van der Waals surface area contributed by atoms with Crippen molar-refractivity contribution in [2.45, 2.75) is 37.2 Å². The minimum Gasteiger partial charge on any atom is -0.282 e. The minimum atomic E-state index is -0.291. The number of hydrogen-bond donors (Lipinski definition) is 0. The summed E-state index contributed by atoms with van der Waals surface area (Å²) in [5.41, 5.74) is 0. The zero-order valence-electron chi connectivity index (χ0n) is 12.7. The molecule has 0 N–H and O–H groups in total. The molecule has 2 saturated heterocycles. The lowest BCUT2D eigenvalue weighted by atomic mass is 10.4. The molecule has 8 heteroatoms. The Bertz CT molecular complexity index is 453. The Labute approximate surface area is 138 Å². The van der Waals surface area contributed by atoms with Crippen molar-refractivity contribution in [2.24, 2.45) is 0 Å². The highest BCUT2D eigenvalue weighted by Crippen LogP contribution is 2.29. The predicted octanol–water partition coefficient (Wildman–Crippen LogP) is 0.748. The van der Waals surface area contributed by atoms with E-state index in [1.807, 2.05) is 0 Å². The average molecular weight is 344 g/mol. The first kappa shape index (κ1) is 17.3. The van der Waals surface area contributed by atoms with Crippen molar-refractivity contribution in [3.63, 3.8) is 0 Å². The third-order valence-electron chi connectivity index (χ3n) is 3.76. The molecule has 0 saturated carbocycles. The van der Waals surface area contributed by atoms with Gasteiger partial charge in [-0.15, -0.1) is 23.5 Å². The van der Waals surface area contributed by atoms with Crippen molar-refractivity contribution in [3.8, 4) is 0 Å². The van der Waals surface area contributed by atoms with E-state index in [9.17, 15) is 19.2 Å². The van der Waals surface area contributed by atoms with Gasteiger partial charge >= 0.3 is 0 Å². The molecular formula is C14H20N2O4S2. The first-order chi connectivity index (χ1) is 10.5. The van der Waals surface area contributed by atoms with Gasteiger partial charge in [-0.2, -0.15) is 0 Å². The Kier molecular flexibility index (Phi) is 5.91. The largest absolute Gasteiger partial charge is 0.282 e. The summed E-state index contributed by atoms with van der Waals surface area (Å²) < 4.78 is 0. The quantitative estimate of drug-likeness (QED) is 0.501. The van der Waals surface area contributed by atoms with Crippen molar-refractivity contribution in [2.75, 3.05) is 24.6 Å². The molecule has 0 unspecified atom stereocenters. The molecule has 2 heterocycles. The van der Waals surface area contributed by atoms with E-state index in [1.54, 1.807) is 13.8 Å². The van der Waals surface area contributed by atoms with E-state index in [-0.39, 0.29) is 47.0 Å². The number of carbonyl (C=O) groups is 4. The first-order valence-corrected chi connectivity index (χ1v) is 9.50. The van der Waals surface area contributed by atoms with E-state index in [0.717, 1.165) is 0 Å². The van der Waals surface area contributed by atoms with E-state index >= 15 is 0 Å². The van der Waals surface area contributed by atoms with Gasteiger partial charge in [0, 0.05) is 37.4 Å². The zero-order valence-corrected chi connectivity index (χ0v) is 14.4. The number of carbonyl (C=O) groups excluding carboxylic acids is 4. The molecule has 0 aromatic carbocycles. The summed E-state index contributed by atoms with van der Waals surface area (Å²) in [6.45, 7) is 4.44. The van der Waals surface area contributed by atoms with Gasteiger partial charge in [0.15, 0.2) is 0 Å². The maximum Gasteiger partial charge on any atom is 0.242 e. The van der Waals surface area contributed by atoms with Crippen LogP contribution in [-0.2, 0) is 19.2 Å². The van der Waals surface area contributed by atoms with Crippen LogP contribution in [0.1, 0.15) is 26.7 Å². The fourth-order valence-electron chi connectivity index (χ4n) is 2.61. The molecule has 0 aromatic heterocycles. The standard InChI is InChI=1S/C14H20N2O4S2/c1-3-15-11(17)7-9(13(15)19)21-5-6-22-10-8-12(18)16(4-2)14(10)20/h9-10H,3-8H2,1-2H3/t9-,10-/m1/s1. The maximum atomic E-state index is 11.9. The van der Waals surface area contributed by atoms with Crippen LogP contribution in [-0.4, -0.2) is 68.5 Å². The van der Waals surface area contributed by atoms with Gasteiger partial charge in [-0.1, -0.05) is 0 Å². The molecule has 0 radical (unpaired) electrons. The monoisotopic (exact) mass is 344 g/mol. The number of amides is 4. The fourth-order valence-corrected chi connectivity index (χ4v) is 5.01. The number of imide groups is 2. The van der Waals surface area contributed by atoms with Crippen LogP contribution in [0, 0.1) is 0 Å². The Morgan fingerprint density at radius 3 is 1.45 bits per heavy atom. The van der Waals surface area contributed by atoms with Crippen LogP contribution >= 0.6 is 23.5 Å². The molecule has 22 heavy (non-hydrogen) atoms. The van der Waals surface area contributed by atoms with Gasteiger partial charge in [0.05, 0.1) is 10.5 Å². The van der Waals surface area contributed by atoms with Crippen molar-refractivity contribution in [1.82, 2.24) is 9.80 Å². The first-order valence-electron chi connectivity index (χ1n) is 7.41. The highest BCUT2D eigenvalue weighted by Gasteiger charge is 2.39. The Morgan fingerprint density at radius 2 is 1.18 bits per heavy atom. The highest BCUT2D eigenvalue weighted by atomic mass is 32.2. The molecule has 4 amide bonds. The number of likely N-dealkylation sites (tertiary alicyclic amines) is 2. The summed E-state index contributed by atoms with van der Waals surface area (Å²) in [6, 6.07) is 0. The molecule has 2 aliphatic rings. The van der Waals surface area contributed by atoms with Crippen LogP contribution in [0.2, 0.25) is 0 Å². The summed E-state index contributed by atoms with van der Waals surface area (Å²) in [5, 5.41) is -0.581. The Morgan fingerprint density at radius 1 is 0.818 bits per heavy atom. The summed E-state index contributed by atoms with van der Waals surface area (Å²) >= 11 is 2.93. The van der Waals surface area contributed by atoms with Crippen LogP contribution < -0.4 is 0 Å². The normalized spacial score (nSPS) is 25.7. The van der Waals surface area contributed by atoms with E-state index < -0.39 is 0 Å². The molecule has 6 nitrogen and oxygen atoms in total. The van der Waals surface area contributed by atoms with Gasteiger partial charge in [0.2, 0.25) is 23.6 Å². The number of rotatable bonds is 7. The number of thioether (sulfide) groups is 2. The summed E-state index contributed by atoms with van der Waals surface area (Å²) in [4.78, 5) is 49.7. The van der Waals surface area contributed by atoms with Gasteiger partial charge in [0.1, 0.15) is 0 Å². The van der Waals surface area contributed by atoms with Gasteiger partial charge in [-0.05, 0) is 13.8 Å². The number of nitrogens with zero attached hydrogens (tertiary/aromatic N) is 2. The Balaban J connectivity index is 1.72. The van der Waals surface area contributed by atoms with Crippen molar-refractivity contribution >= 4 is 47.2 Å². The lowest BCUT2D eigenvalue weighted by molar-refractivity contribution is -0.139. The molecule has 122 valence electrons. The SMILES string of the molecule is CCN1C(=O)C[C@@H](SCCS[C@@H]2CC(=O)N(CC)C2=O)C1=O. The van der Waals surface area contributed by atoms with Gasteiger partial charge < -0.3 is 0 Å². The topological polar surface area (TPSA) is 74.8 Å². The van der Waals surface area contributed by atoms with Crippen LogP contribution in [0.25, 0.3) is 0 Å². The maximum absolute atomic E-state index is 11.9. The van der Waals surface area contributed by atoms with Crippen molar-refractivity contribution in [3.05, 3.63) is 0 Å². The van der Waals surface area contributed by atoms with Gasteiger partial charge in [-0.3, -0.25) is 29.0 Å². The van der Waals surface area contributed by atoms with Gasteiger partial charge in [-0.25, -0.2) is 0 Å². The average Bonchev–Trinajstić information content (AvgIpc) is 2.91. The van der Waals surface area contributed by atoms with E-state index in [0.29, 0.717) is 24.6 Å². The second-order valence-electron chi connectivity index (χ2n) is 5.08. The molecule has 0 spiro atoms. The molecular weight excluding hydrogens is 324 g/mol. The second kappa shape index (κ2) is 7.50. The van der Waals surface area contributed by atoms with E-state index in [1.165, 1.54) is 33.3 Å². The highest BCUT2D eigenvalue weighted by molar-refractivity contribution is 8.04. The van der Waals surface area contributed by atoms with Crippen LogP contribution in [0.4, 0.5) is 0 Å². The summed E-state index contributed by atoms with van der Waals surface area (Å²) in [6.07, 6.45) is 0.541. The lowest BCUT2D eigenvalue weighted by Crippen LogP contribution is -2.31. The summed E-state index contributed by atoms with van der Waals surface area (Å²) in [7, 11) is 0. The zero-order chi connectivity index (χ0) is 16.3. The van der Waals surface area contributed by atoms with Crippen LogP contribution in [0.5, 0.6) is 0 Å². The molecule has 0 bridgehead atoms. The molecule has 2 aliphatic heterocycles. The minimum absolute atomic E-state index is 0.104. The third kappa shape index (κ3) is 3.48.